The summed E-state index contributed by atoms with van der Waals surface area (Å²) in [6, 6.07) is 16.4. The summed E-state index contributed by atoms with van der Waals surface area (Å²) in [5, 5.41) is 14.5. The van der Waals surface area contributed by atoms with Crippen LogP contribution in [-0.2, 0) is 16.1 Å². The summed E-state index contributed by atoms with van der Waals surface area (Å²) >= 11 is 0. The highest BCUT2D eigenvalue weighted by Gasteiger charge is 2.33. The Bertz CT molecular complexity index is 1770. The number of nitro benzene ring substituents is 1. The Balaban J connectivity index is 1.23. The Kier molecular flexibility index (Phi) is 8.07. The molecule has 5 rings (SSSR count). The van der Waals surface area contributed by atoms with Crippen LogP contribution in [0.5, 0.6) is 5.75 Å². The predicted molar refractivity (Wildman–Crippen MR) is 149 cm³/mol. The van der Waals surface area contributed by atoms with Crippen LogP contribution in [0.2, 0.25) is 0 Å². The Morgan fingerprint density at radius 2 is 1.70 bits per heavy atom. The van der Waals surface area contributed by atoms with Gasteiger partial charge < -0.3 is 14.2 Å². The number of nitro groups is 1. The van der Waals surface area contributed by atoms with Crippen molar-refractivity contribution in [3.05, 3.63) is 111 Å². The van der Waals surface area contributed by atoms with Crippen molar-refractivity contribution in [3.63, 3.8) is 0 Å². The Morgan fingerprint density at radius 1 is 0.977 bits per heavy atom. The first-order valence-corrected chi connectivity index (χ1v) is 12.8. The van der Waals surface area contributed by atoms with Crippen LogP contribution in [0.3, 0.4) is 0 Å². The number of non-ortho nitro benzene ring substituents is 1. The topological polar surface area (TPSA) is 154 Å². The van der Waals surface area contributed by atoms with E-state index in [2.05, 4.69) is 5.32 Å². The van der Waals surface area contributed by atoms with E-state index in [0.717, 1.165) is 23.1 Å². The highest BCUT2D eigenvalue weighted by Crippen LogP contribution is 2.34. The van der Waals surface area contributed by atoms with E-state index in [1.165, 1.54) is 37.4 Å². The number of hydrogen-bond donors (Lipinski definition) is 1. The first kappa shape index (κ1) is 28.8. The maximum absolute atomic E-state index is 14.0. The first-order chi connectivity index (χ1) is 20.7. The quantitative estimate of drug-likeness (QED) is 0.0926. The second kappa shape index (κ2) is 12.0. The fourth-order valence-corrected chi connectivity index (χ4v) is 4.53. The van der Waals surface area contributed by atoms with Gasteiger partial charge in [-0.2, -0.15) is 0 Å². The minimum atomic E-state index is -1.11. The zero-order valence-electron chi connectivity index (χ0n) is 22.5. The normalized spacial score (nSPS) is 12.3. The third kappa shape index (κ3) is 5.87. The number of amides is 3. The molecule has 13 heteroatoms. The van der Waals surface area contributed by atoms with E-state index in [1.54, 1.807) is 24.3 Å². The van der Waals surface area contributed by atoms with E-state index in [1.807, 2.05) is 0 Å². The van der Waals surface area contributed by atoms with Gasteiger partial charge in [-0.05, 0) is 42.0 Å². The molecule has 1 heterocycles. The predicted octanol–water partition coefficient (Wildman–Crippen LogP) is 5.10. The second-order valence-electron chi connectivity index (χ2n) is 9.30. The average Bonchev–Trinajstić information content (AvgIpc) is 3.00. The van der Waals surface area contributed by atoms with Gasteiger partial charge in [0.15, 0.2) is 0 Å². The van der Waals surface area contributed by atoms with Gasteiger partial charge in [0, 0.05) is 41.1 Å². The van der Waals surface area contributed by atoms with Crippen molar-refractivity contribution in [1.29, 1.82) is 0 Å². The van der Waals surface area contributed by atoms with Crippen molar-refractivity contribution < 1.29 is 42.7 Å². The van der Waals surface area contributed by atoms with Crippen molar-refractivity contribution in [2.24, 2.45) is 0 Å². The number of methoxy groups -OCH3 is 1. The van der Waals surface area contributed by atoms with E-state index in [-0.39, 0.29) is 25.5 Å². The summed E-state index contributed by atoms with van der Waals surface area (Å²) in [5.41, 5.74) is 0.476. The number of nitrogens with one attached hydrogen (secondary N) is 1. The first-order valence-electron chi connectivity index (χ1n) is 12.8. The molecule has 0 spiro atoms. The molecule has 4 aromatic rings. The molecule has 0 aliphatic carbocycles. The number of hydrogen-bond acceptors (Lipinski definition) is 9. The van der Waals surface area contributed by atoms with Crippen LogP contribution in [0.15, 0.2) is 72.8 Å². The number of carbonyl (C=O) groups is 4. The van der Waals surface area contributed by atoms with E-state index < -0.39 is 45.9 Å². The van der Waals surface area contributed by atoms with Gasteiger partial charge >= 0.3 is 12.1 Å². The standard InChI is InChI=1S/C30H22FN3O9/c1-41-14-13-33-27(35)21-4-2-3-20-25(12-10-22(26(20)21)28(33)36)32-30(38)42-16-17-5-8-19(9-6-17)43-29(37)23-15-18(34(39)40)7-11-24(23)31/h2-12,15H,13-14,16H2,1H3,(H,32,38). The summed E-state index contributed by atoms with van der Waals surface area (Å²) in [4.78, 5) is 62.2. The van der Waals surface area contributed by atoms with Crippen LogP contribution in [0.25, 0.3) is 10.8 Å². The third-order valence-corrected chi connectivity index (χ3v) is 6.63. The number of halogens is 1. The number of benzene rings is 4. The molecule has 1 N–H and O–H groups in total. The van der Waals surface area contributed by atoms with Crippen LogP contribution < -0.4 is 10.1 Å². The number of carbonyl (C=O) groups excluding carboxylic acids is 4. The van der Waals surface area contributed by atoms with E-state index in [9.17, 15) is 33.7 Å². The number of rotatable bonds is 9. The Hall–Kier alpha value is -5.69. The Morgan fingerprint density at radius 3 is 2.40 bits per heavy atom. The molecule has 43 heavy (non-hydrogen) atoms. The van der Waals surface area contributed by atoms with Gasteiger partial charge in [-0.3, -0.25) is 29.9 Å². The second-order valence-corrected chi connectivity index (χ2v) is 9.30. The molecule has 0 radical (unpaired) electrons. The minimum absolute atomic E-state index is 0.0396. The lowest BCUT2D eigenvalue weighted by atomic mass is 9.93. The molecule has 0 atom stereocenters. The number of esters is 1. The number of anilines is 1. The van der Waals surface area contributed by atoms with Crippen LogP contribution in [0, 0.1) is 15.9 Å². The molecule has 0 saturated carbocycles. The van der Waals surface area contributed by atoms with Gasteiger partial charge in [0.2, 0.25) is 0 Å². The number of nitrogens with zero attached hydrogens (tertiary/aromatic N) is 2. The maximum atomic E-state index is 14.0. The fraction of sp³-hybridized carbons (Fsp3) is 0.133. The van der Waals surface area contributed by atoms with Crippen molar-refractivity contribution in [3.8, 4) is 5.75 Å². The van der Waals surface area contributed by atoms with E-state index in [4.69, 9.17) is 14.2 Å². The molecule has 0 aromatic heterocycles. The van der Waals surface area contributed by atoms with Gasteiger partial charge in [0.25, 0.3) is 17.5 Å². The summed E-state index contributed by atoms with van der Waals surface area (Å²) in [5.74, 6) is -2.95. The summed E-state index contributed by atoms with van der Waals surface area (Å²) in [6.07, 6.45) is -0.799. The van der Waals surface area contributed by atoms with E-state index in [0.29, 0.717) is 33.2 Å². The van der Waals surface area contributed by atoms with Crippen molar-refractivity contribution in [1.82, 2.24) is 4.90 Å². The summed E-state index contributed by atoms with van der Waals surface area (Å²) in [6.45, 7) is 0.144. The highest BCUT2D eigenvalue weighted by molar-refractivity contribution is 6.27. The molecular weight excluding hydrogens is 565 g/mol. The molecule has 0 saturated heterocycles. The van der Waals surface area contributed by atoms with Gasteiger partial charge in [-0.25, -0.2) is 14.0 Å². The maximum Gasteiger partial charge on any atom is 0.411 e. The lowest BCUT2D eigenvalue weighted by Gasteiger charge is -2.27. The van der Waals surface area contributed by atoms with Crippen molar-refractivity contribution in [2.45, 2.75) is 6.61 Å². The molecule has 0 unspecified atom stereocenters. The number of ether oxygens (including phenoxy) is 3. The van der Waals surface area contributed by atoms with Crippen molar-refractivity contribution in [2.75, 3.05) is 25.6 Å². The lowest BCUT2D eigenvalue weighted by Crippen LogP contribution is -2.42. The highest BCUT2D eigenvalue weighted by atomic mass is 19.1. The van der Waals surface area contributed by atoms with Gasteiger partial charge in [-0.15, -0.1) is 0 Å². The third-order valence-electron chi connectivity index (χ3n) is 6.63. The average molecular weight is 588 g/mol. The lowest BCUT2D eigenvalue weighted by molar-refractivity contribution is -0.384. The van der Waals surface area contributed by atoms with Crippen LogP contribution in [0.1, 0.15) is 36.6 Å². The summed E-state index contributed by atoms with van der Waals surface area (Å²) in [7, 11) is 1.48. The zero-order chi connectivity index (χ0) is 30.7. The summed E-state index contributed by atoms with van der Waals surface area (Å²) < 4.78 is 29.4. The van der Waals surface area contributed by atoms with Crippen LogP contribution in [0.4, 0.5) is 20.6 Å². The number of imide groups is 1. The molecule has 1 aliphatic heterocycles. The smallest absolute Gasteiger partial charge is 0.411 e. The van der Waals surface area contributed by atoms with Crippen LogP contribution >= 0.6 is 0 Å². The zero-order valence-corrected chi connectivity index (χ0v) is 22.5. The van der Waals surface area contributed by atoms with E-state index >= 15 is 0 Å². The molecule has 0 bridgehead atoms. The van der Waals surface area contributed by atoms with Gasteiger partial charge in [0.1, 0.15) is 23.7 Å². The minimum Gasteiger partial charge on any atom is -0.444 e. The monoisotopic (exact) mass is 587 g/mol. The van der Waals surface area contributed by atoms with Crippen molar-refractivity contribution >= 4 is 46.0 Å². The molecule has 4 aromatic carbocycles. The fourth-order valence-electron chi connectivity index (χ4n) is 4.53. The largest absolute Gasteiger partial charge is 0.444 e. The molecule has 12 nitrogen and oxygen atoms in total. The molecule has 3 amide bonds. The SMILES string of the molecule is COCCN1C(=O)c2cccc3c(NC(=O)OCc4ccc(OC(=O)c5cc([N+](=O)[O-])ccc5F)cc4)ccc(c23)C1=O. The van der Waals surface area contributed by atoms with Crippen LogP contribution in [-0.4, -0.2) is 54.0 Å². The molecule has 0 fully saturated rings. The van der Waals surface area contributed by atoms with Gasteiger partial charge in [-0.1, -0.05) is 24.3 Å². The van der Waals surface area contributed by atoms with Gasteiger partial charge in [0.05, 0.1) is 23.8 Å². The molecular formula is C30H22FN3O9. The molecule has 1 aliphatic rings. The Labute approximate surface area is 242 Å². The molecule has 218 valence electrons.